The number of nitrogens with zero attached hydrogens (tertiary/aromatic N) is 3. The molecule has 30 heavy (non-hydrogen) atoms. The first-order valence-electron chi connectivity index (χ1n) is 9.90. The Bertz CT molecular complexity index is 862. The lowest BCUT2D eigenvalue weighted by atomic mass is 10.0. The largest absolute Gasteiger partial charge is 0.416 e. The van der Waals surface area contributed by atoms with Gasteiger partial charge >= 0.3 is 12.2 Å². The van der Waals surface area contributed by atoms with Gasteiger partial charge in [0, 0.05) is 44.6 Å². The Kier molecular flexibility index (Phi) is 6.94. The van der Waals surface area contributed by atoms with Gasteiger partial charge < -0.3 is 10.2 Å². The molecule has 3 rings (SSSR count). The average molecular weight is 421 g/mol. The predicted molar refractivity (Wildman–Crippen MR) is 110 cm³/mol. The molecule has 1 fully saturated rings. The minimum atomic E-state index is -4.51. The third-order valence-electron chi connectivity index (χ3n) is 5.13. The van der Waals surface area contributed by atoms with Crippen molar-refractivity contribution in [3.63, 3.8) is 0 Å². The fourth-order valence-electron chi connectivity index (χ4n) is 3.38. The number of likely N-dealkylation sites (N-methyl/N-ethyl adjacent to an activating group) is 1. The van der Waals surface area contributed by atoms with Crippen molar-refractivity contribution >= 4 is 17.5 Å². The molecule has 0 unspecified atom stereocenters. The van der Waals surface area contributed by atoms with Gasteiger partial charge in [0.2, 0.25) is 0 Å². The number of carbonyl (C=O) groups excluding carboxylic acids is 1. The van der Waals surface area contributed by atoms with Crippen LogP contribution in [0.1, 0.15) is 23.6 Å². The summed E-state index contributed by atoms with van der Waals surface area (Å²) in [5.74, 6) is 0.317. The number of benzene rings is 1. The quantitative estimate of drug-likeness (QED) is 0.760. The van der Waals surface area contributed by atoms with E-state index in [1.165, 1.54) is 12.1 Å². The smallest absolute Gasteiger partial charge is 0.308 e. The molecule has 1 aromatic heterocycles. The van der Waals surface area contributed by atoms with Gasteiger partial charge in [0.25, 0.3) is 0 Å². The van der Waals surface area contributed by atoms with E-state index in [4.69, 9.17) is 0 Å². The summed E-state index contributed by atoms with van der Waals surface area (Å²) in [6.45, 7) is 8.28. The van der Waals surface area contributed by atoms with Crippen molar-refractivity contribution in [2.75, 3.05) is 43.4 Å². The normalized spacial score (nSPS) is 15.8. The molecule has 2 amide bonds. The van der Waals surface area contributed by atoms with Gasteiger partial charge in [-0.05, 0) is 42.8 Å². The Hall–Kier alpha value is -2.65. The highest BCUT2D eigenvalue weighted by atomic mass is 19.4. The Morgan fingerprint density at radius 3 is 2.37 bits per heavy atom. The van der Waals surface area contributed by atoms with E-state index in [0.29, 0.717) is 5.82 Å². The van der Waals surface area contributed by atoms with Crippen LogP contribution in [0.4, 0.5) is 29.5 Å². The van der Waals surface area contributed by atoms with Crippen molar-refractivity contribution < 1.29 is 18.0 Å². The molecule has 1 aliphatic heterocycles. The van der Waals surface area contributed by atoms with Crippen molar-refractivity contribution in [3.8, 4) is 0 Å². The second-order valence-corrected chi connectivity index (χ2v) is 7.38. The fraction of sp³-hybridized carbons (Fsp3) is 0.429. The lowest BCUT2D eigenvalue weighted by molar-refractivity contribution is -0.138. The number of piperazine rings is 1. The summed E-state index contributed by atoms with van der Waals surface area (Å²) in [5, 5.41) is 4.96. The van der Waals surface area contributed by atoms with E-state index in [-0.39, 0.29) is 17.8 Å². The molecule has 1 aliphatic rings. The number of urea groups is 1. The molecule has 0 saturated carbocycles. The highest BCUT2D eigenvalue weighted by Gasteiger charge is 2.34. The molecule has 2 aromatic rings. The first kappa shape index (κ1) is 22.0. The molecule has 6 nitrogen and oxygen atoms in total. The Labute approximate surface area is 174 Å². The first-order valence-corrected chi connectivity index (χ1v) is 9.90. The molecular weight excluding hydrogens is 395 g/mol. The summed E-state index contributed by atoms with van der Waals surface area (Å²) >= 11 is 0. The zero-order valence-corrected chi connectivity index (χ0v) is 17.1. The highest BCUT2D eigenvalue weighted by molar-refractivity contribution is 5.99. The average Bonchev–Trinajstić information content (AvgIpc) is 2.70. The number of anilines is 2. The predicted octanol–water partition coefficient (Wildman–Crippen LogP) is 4.19. The molecule has 0 spiro atoms. The summed E-state index contributed by atoms with van der Waals surface area (Å²) < 4.78 is 41.0. The van der Waals surface area contributed by atoms with Gasteiger partial charge in [-0.2, -0.15) is 13.2 Å². The molecule has 0 bridgehead atoms. The van der Waals surface area contributed by atoms with Crippen LogP contribution in [0.5, 0.6) is 0 Å². The van der Waals surface area contributed by atoms with Crippen molar-refractivity contribution in [1.29, 1.82) is 0 Å². The standard InChI is InChI=1S/C21H26F3N5O/c1-3-28-8-10-29(11-9-28)14-16-5-6-17(12-18(16)21(22,23)24)26-20(30)27-19-7-4-15(2)13-25-19/h4-7,12-13H,3,8-11,14H2,1-2H3,(H2,25,26,27,30). The van der Waals surface area contributed by atoms with E-state index in [2.05, 4.69) is 27.4 Å². The van der Waals surface area contributed by atoms with Crippen molar-refractivity contribution in [2.45, 2.75) is 26.6 Å². The fourth-order valence-corrected chi connectivity index (χ4v) is 3.38. The second kappa shape index (κ2) is 9.44. The third-order valence-corrected chi connectivity index (χ3v) is 5.13. The first-order chi connectivity index (χ1) is 14.2. The third kappa shape index (κ3) is 5.93. The maximum atomic E-state index is 13.7. The van der Waals surface area contributed by atoms with Crippen LogP contribution in [-0.4, -0.2) is 53.5 Å². The number of halogens is 3. The zero-order valence-electron chi connectivity index (χ0n) is 17.1. The van der Waals surface area contributed by atoms with Crippen LogP contribution in [0.2, 0.25) is 0 Å². The molecule has 0 aliphatic carbocycles. The van der Waals surface area contributed by atoms with Crippen molar-refractivity contribution in [3.05, 3.63) is 53.2 Å². The van der Waals surface area contributed by atoms with Crippen LogP contribution in [0.15, 0.2) is 36.5 Å². The summed E-state index contributed by atoms with van der Waals surface area (Å²) in [6.07, 6.45) is -2.92. The monoisotopic (exact) mass is 421 g/mol. The van der Waals surface area contributed by atoms with Gasteiger partial charge in [-0.3, -0.25) is 10.2 Å². The zero-order chi connectivity index (χ0) is 21.7. The van der Waals surface area contributed by atoms with Crippen LogP contribution in [-0.2, 0) is 12.7 Å². The molecular formula is C21H26F3N5O. The van der Waals surface area contributed by atoms with Gasteiger partial charge in [0.05, 0.1) is 5.56 Å². The van der Waals surface area contributed by atoms with E-state index in [9.17, 15) is 18.0 Å². The molecule has 2 N–H and O–H groups in total. The van der Waals surface area contributed by atoms with Crippen molar-refractivity contribution in [2.24, 2.45) is 0 Å². The Balaban J connectivity index is 1.69. The number of alkyl halides is 3. The molecule has 2 heterocycles. The van der Waals surface area contributed by atoms with E-state index >= 15 is 0 Å². The maximum absolute atomic E-state index is 13.7. The van der Waals surface area contributed by atoms with Crippen LogP contribution in [0.25, 0.3) is 0 Å². The lowest BCUT2D eigenvalue weighted by Crippen LogP contribution is -2.45. The van der Waals surface area contributed by atoms with Crippen LogP contribution >= 0.6 is 0 Å². The van der Waals surface area contributed by atoms with E-state index in [1.54, 1.807) is 18.3 Å². The number of nitrogens with one attached hydrogen (secondary N) is 2. The maximum Gasteiger partial charge on any atom is 0.416 e. The Morgan fingerprint density at radius 2 is 1.77 bits per heavy atom. The van der Waals surface area contributed by atoms with Crippen molar-refractivity contribution in [1.82, 2.24) is 14.8 Å². The SMILES string of the molecule is CCN1CCN(Cc2ccc(NC(=O)Nc3ccc(C)cn3)cc2C(F)(F)F)CC1. The summed E-state index contributed by atoms with van der Waals surface area (Å²) in [6, 6.07) is 6.67. The number of hydrogen-bond donors (Lipinski definition) is 2. The topological polar surface area (TPSA) is 60.5 Å². The number of aryl methyl sites for hydroxylation is 1. The number of rotatable bonds is 5. The van der Waals surface area contributed by atoms with Gasteiger partial charge in [0.15, 0.2) is 0 Å². The minimum Gasteiger partial charge on any atom is -0.308 e. The van der Waals surface area contributed by atoms with E-state index in [0.717, 1.165) is 44.4 Å². The van der Waals surface area contributed by atoms with Gasteiger partial charge in [-0.25, -0.2) is 9.78 Å². The number of amides is 2. The van der Waals surface area contributed by atoms with Gasteiger partial charge in [0.1, 0.15) is 5.82 Å². The molecule has 0 atom stereocenters. The minimum absolute atomic E-state index is 0.0755. The lowest BCUT2D eigenvalue weighted by Gasteiger charge is -2.34. The molecule has 1 aromatic carbocycles. The second-order valence-electron chi connectivity index (χ2n) is 7.38. The van der Waals surface area contributed by atoms with Crippen LogP contribution in [0.3, 0.4) is 0 Å². The van der Waals surface area contributed by atoms with Crippen LogP contribution < -0.4 is 10.6 Å². The van der Waals surface area contributed by atoms with Gasteiger partial charge in [-0.1, -0.05) is 19.1 Å². The molecule has 0 radical (unpaired) electrons. The molecule has 162 valence electrons. The number of aromatic nitrogens is 1. The van der Waals surface area contributed by atoms with E-state index < -0.39 is 17.8 Å². The highest BCUT2D eigenvalue weighted by Crippen LogP contribution is 2.34. The van der Waals surface area contributed by atoms with E-state index in [1.807, 2.05) is 11.8 Å². The molecule has 1 saturated heterocycles. The van der Waals surface area contributed by atoms with Gasteiger partial charge in [-0.15, -0.1) is 0 Å². The number of pyridine rings is 1. The summed E-state index contributed by atoms with van der Waals surface area (Å²) in [5.41, 5.74) is 0.485. The summed E-state index contributed by atoms with van der Waals surface area (Å²) in [4.78, 5) is 20.5. The molecule has 9 heteroatoms. The number of hydrogen-bond acceptors (Lipinski definition) is 4. The van der Waals surface area contributed by atoms with Crippen LogP contribution in [0, 0.1) is 6.92 Å². The number of carbonyl (C=O) groups is 1. The summed E-state index contributed by atoms with van der Waals surface area (Å²) in [7, 11) is 0. The Morgan fingerprint density at radius 1 is 1.07 bits per heavy atom.